The van der Waals surface area contributed by atoms with E-state index in [0.29, 0.717) is 17.3 Å². The van der Waals surface area contributed by atoms with E-state index in [2.05, 4.69) is 0 Å². The quantitative estimate of drug-likeness (QED) is 0.682. The molecule has 1 saturated heterocycles. The van der Waals surface area contributed by atoms with E-state index in [1.807, 2.05) is 0 Å². The van der Waals surface area contributed by atoms with Crippen LogP contribution < -0.4 is 5.73 Å². The van der Waals surface area contributed by atoms with Crippen molar-refractivity contribution in [3.8, 4) is 0 Å². The lowest BCUT2D eigenvalue weighted by Gasteiger charge is -2.12. The molecule has 1 atom stereocenters. The van der Waals surface area contributed by atoms with E-state index in [-0.39, 0.29) is 23.5 Å². The molecule has 0 saturated carbocycles. The van der Waals surface area contributed by atoms with Crippen LogP contribution in [-0.2, 0) is 9.59 Å². The van der Waals surface area contributed by atoms with E-state index < -0.39 is 0 Å². The molecule has 1 heterocycles. The number of amides is 2. The summed E-state index contributed by atoms with van der Waals surface area (Å²) in [6, 6.07) is 5.14. The van der Waals surface area contributed by atoms with Crippen LogP contribution in [0.2, 0.25) is 5.02 Å². The second-order valence-electron chi connectivity index (χ2n) is 3.97. The molecule has 2 amide bonds. The first-order valence-electron chi connectivity index (χ1n) is 5.58. The number of rotatable bonds is 3. The van der Waals surface area contributed by atoms with Crippen LogP contribution in [-0.4, -0.2) is 28.5 Å². The Kier molecular flexibility index (Phi) is 3.82. The summed E-state index contributed by atoms with van der Waals surface area (Å²) in [7, 11) is 0. The Morgan fingerprint density at radius 3 is 2.78 bits per heavy atom. The Morgan fingerprint density at radius 2 is 2.22 bits per heavy atom. The minimum Gasteiger partial charge on any atom is -0.398 e. The highest BCUT2D eigenvalue weighted by Crippen LogP contribution is 2.35. The fraction of sp³-hybridized carbons (Fsp3) is 0.333. The second kappa shape index (κ2) is 5.20. The van der Waals surface area contributed by atoms with Crippen molar-refractivity contribution in [2.45, 2.75) is 23.5 Å². The van der Waals surface area contributed by atoms with Gasteiger partial charge in [0.25, 0.3) is 0 Å². The summed E-state index contributed by atoms with van der Waals surface area (Å²) >= 11 is 7.13. The van der Waals surface area contributed by atoms with Gasteiger partial charge in [-0.25, -0.2) is 0 Å². The number of carbonyl (C=O) groups excluding carboxylic acids is 2. The first-order chi connectivity index (χ1) is 8.52. The third kappa shape index (κ3) is 2.47. The maximum absolute atomic E-state index is 11.9. The first-order valence-corrected chi connectivity index (χ1v) is 6.84. The van der Waals surface area contributed by atoms with E-state index in [1.165, 1.54) is 16.7 Å². The molecule has 0 spiro atoms. The van der Waals surface area contributed by atoms with Crippen molar-refractivity contribution < 1.29 is 9.59 Å². The summed E-state index contributed by atoms with van der Waals surface area (Å²) in [5.74, 6) is -0.255. The van der Waals surface area contributed by atoms with E-state index in [0.717, 1.165) is 4.90 Å². The number of thioether (sulfide) groups is 1. The highest BCUT2D eigenvalue weighted by Gasteiger charge is 2.38. The number of nitrogens with two attached hydrogens (primary N) is 1. The molecular formula is C12H13ClN2O2S. The molecule has 0 aromatic heterocycles. The predicted octanol–water partition coefficient (Wildman–Crippen LogP) is 2.16. The molecule has 96 valence electrons. The molecule has 1 aliphatic rings. The Balaban J connectivity index is 2.15. The highest BCUT2D eigenvalue weighted by atomic mass is 35.5. The van der Waals surface area contributed by atoms with Crippen LogP contribution in [0.25, 0.3) is 0 Å². The predicted molar refractivity (Wildman–Crippen MR) is 72.5 cm³/mol. The molecule has 18 heavy (non-hydrogen) atoms. The van der Waals surface area contributed by atoms with Crippen LogP contribution >= 0.6 is 23.4 Å². The average molecular weight is 285 g/mol. The zero-order valence-corrected chi connectivity index (χ0v) is 11.4. The van der Waals surface area contributed by atoms with Crippen molar-refractivity contribution in [2.24, 2.45) is 0 Å². The summed E-state index contributed by atoms with van der Waals surface area (Å²) in [5, 5.41) is 0.182. The van der Waals surface area contributed by atoms with Gasteiger partial charge in [0.1, 0.15) is 0 Å². The van der Waals surface area contributed by atoms with Gasteiger partial charge in [-0.3, -0.25) is 14.5 Å². The maximum Gasteiger partial charge on any atom is 0.243 e. The van der Waals surface area contributed by atoms with Gasteiger partial charge in [-0.05, 0) is 25.1 Å². The third-order valence-corrected chi connectivity index (χ3v) is 4.27. The van der Waals surface area contributed by atoms with Gasteiger partial charge in [-0.2, -0.15) is 0 Å². The normalized spacial score (nSPS) is 19.7. The minimum absolute atomic E-state index is 0.118. The number of halogens is 1. The lowest BCUT2D eigenvalue weighted by Crippen LogP contribution is -2.30. The van der Waals surface area contributed by atoms with Crippen molar-refractivity contribution in [3.05, 3.63) is 23.2 Å². The first kappa shape index (κ1) is 13.2. The Labute approximate surface area is 114 Å². The lowest BCUT2D eigenvalue weighted by molar-refractivity contribution is -0.137. The van der Waals surface area contributed by atoms with Crippen LogP contribution in [0.15, 0.2) is 23.1 Å². The zero-order valence-electron chi connectivity index (χ0n) is 9.85. The number of nitrogens with zero attached hydrogens (tertiary/aromatic N) is 1. The summed E-state index contributed by atoms with van der Waals surface area (Å²) in [6.45, 7) is 2.21. The number of hydrogen-bond donors (Lipinski definition) is 1. The van der Waals surface area contributed by atoms with Crippen LogP contribution in [0, 0.1) is 0 Å². The summed E-state index contributed by atoms with van der Waals surface area (Å²) in [4.78, 5) is 25.6. The molecule has 1 fully saturated rings. The van der Waals surface area contributed by atoms with Crippen molar-refractivity contribution in [3.63, 3.8) is 0 Å². The maximum atomic E-state index is 11.9. The lowest BCUT2D eigenvalue weighted by atomic mass is 10.3. The van der Waals surface area contributed by atoms with E-state index in [9.17, 15) is 9.59 Å². The largest absolute Gasteiger partial charge is 0.398 e. The number of imide groups is 1. The Hall–Kier alpha value is -1.20. The molecule has 1 aromatic carbocycles. The van der Waals surface area contributed by atoms with Gasteiger partial charge in [0.15, 0.2) is 0 Å². The number of carbonyl (C=O) groups is 2. The zero-order chi connectivity index (χ0) is 13.3. The van der Waals surface area contributed by atoms with E-state index >= 15 is 0 Å². The van der Waals surface area contributed by atoms with Crippen LogP contribution in [0.4, 0.5) is 5.69 Å². The summed E-state index contributed by atoms with van der Waals surface area (Å²) in [5.41, 5.74) is 6.36. The fourth-order valence-electron chi connectivity index (χ4n) is 1.86. The topological polar surface area (TPSA) is 63.4 Å². The number of likely N-dealkylation sites (tertiary alicyclic amines) is 1. The summed E-state index contributed by atoms with van der Waals surface area (Å²) in [6.07, 6.45) is 0.236. The van der Waals surface area contributed by atoms with Crippen LogP contribution in [0.1, 0.15) is 13.3 Å². The monoisotopic (exact) mass is 284 g/mol. The Morgan fingerprint density at radius 1 is 1.50 bits per heavy atom. The van der Waals surface area contributed by atoms with Gasteiger partial charge in [-0.15, -0.1) is 11.8 Å². The van der Waals surface area contributed by atoms with Gasteiger partial charge in [0.05, 0.1) is 5.25 Å². The van der Waals surface area contributed by atoms with E-state index in [4.69, 9.17) is 17.3 Å². The molecule has 1 aromatic rings. The standard InChI is InChI=1S/C12H13ClN2O2S/c1-2-15-11(16)6-10(12(15)17)18-9-4-3-7(13)5-8(9)14/h3-5,10H,2,6,14H2,1H3. The van der Waals surface area contributed by atoms with Crippen LogP contribution in [0.5, 0.6) is 0 Å². The van der Waals surface area contributed by atoms with Crippen molar-refractivity contribution in [1.29, 1.82) is 0 Å². The third-order valence-electron chi connectivity index (χ3n) is 2.76. The number of anilines is 1. The van der Waals surface area contributed by atoms with Crippen molar-refractivity contribution in [2.75, 3.05) is 12.3 Å². The minimum atomic E-state index is -0.374. The number of benzene rings is 1. The SMILES string of the molecule is CCN1C(=O)CC(Sc2ccc(Cl)cc2N)C1=O. The average Bonchev–Trinajstić information content (AvgIpc) is 2.58. The van der Waals surface area contributed by atoms with Crippen molar-refractivity contribution >= 4 is 40.9 Å². The molecule has 6 heteroatoms. The van der Waals surface area contributed by atoms with Gasteiger partial charge in [0, 0.05) is 28.6 Å². The molecule has 1 unspecified atom stereocenters. The number of hydrogen-bond acceptors (Lipinski definition) is 4. The number of nitrogen functional groups attached to an aromatic ring is 1. The molecule has 0 bridgehead atoms. The van der Waals surface area contributed by atoms with Gasteiger partial charge < -0.3 is 5.73 Å². The van der Waals surface area contributed by atoms with Gasteiger partial charge in [0.2, 0.25) is 11.8 Å². The Bertz CT molecular complexity index is 507. The molecule has 0 radical (unpaired) electrons. The molecule has 0 aliphatic carbocycles. The molecular weight excluding hydrogens is 272 g/mol. The highest BCUT2D eigenvalue weighted by molar-refractivity contribution is 8.00. The fourth-order valence-corrected chi connectivity index (χ4v) is 3.14. The van der Waals surface area contributed by atoms with E-state index in [1.54, 1.807) is 25.1 Å². The molecule has 4 nitrogen and oxygen atoms in total. The van der Waals surface area contributed by atoms with Gasteiger partial charge in [-0.1, -0.05) is 11.6 Å². The van der Waals surface area contributed by atoms with Crippen LogP contribution in [0.3, 0.4) is 0 Å². The van der Waals surface area contributed by atoms with Crippen molar-refractivity contribution in [1.82, 2.24) is 4.90 Å². The molecule has 2 N–H and O–H groups in total. The van der Waals surface area contributed by atoms with Gasteiger partial charge >= 0.3 is 0 Å². The smallest absolute Gasteiger partial charge is 0.243 e. The summed E-state index contributed by atoms with van der Waals surface area (Å²) < 4.78 is 0. The molecule has 1 aliphatic heterocycles. The molecule has 2 rings (SSSR count). The second-order valence-corrected chi connectivity index (χ2v) is 5.65.